The number of nitrogens with zero attached hydrogens (tertiary/aromatic N) is 4. The smallest absolute Gasteiger partial charge is 0.253 e. The second-order valence-electron chi connectivity index (χ2n) is 9.17. The van der Waals surface area contributed by atoms with Crippen LogP contribution in [0.3, 0.4) is 0 Å². The second-order valence-corrected chi connectivity index (χ2v) is 10.4. The van der Waals surface area contributed by atoms with E-state index in [1.54, 1.807) is 49.5 Å². The number of amides is 1. The van der Waals surface area contributed by atoms with Crippen molar-refractivity contribution in [2.45, 2.75) is 13.3 Å². The zero-order chi connectivity index (χ0) is 28.6. The summed E-state index contributed by atoms with van der Waals surface area (Å²) < 4.78 is 21.5. The Labute approximate surface area is 247 Å². The molecule has 206 valence electrons. The molecule has 0 fully saturated rings. The first-order valence-electron chi connectivity index (χ1n) is 12.9. The molecule has 1 aliphatic heterocycles. The predicted molar refractivity (Wildman–Crippen MR) is 170 cm³/mol. The molecule has 4 rings (SSSR count). The van der Waals surface area contributed by atoms with E-state index in [1.807, 2.05) is 43.3 Å². The van der Waals surface area contributed by atoms with Crippen molar-refractivity contribution in [1.29, 1.82) is 0 Å². The maximum atomic E-state index is 15.0. The van der Waals surface area contributed by atoms with Crippen LogP contribution in [0.1, 0.15) is 40.4 Å². The van der Waals surface area contributed by atoms with Crippen LogP contribution in [0.4, 0.5) is 10.1 Å². The van der Waals surface area contributed by atoms with Gasteiger partial charge in [0.25, 0.3) is 5.91 Å². The van der Waals surface area contributed by atoms with Crippen molar-refractivity contribution in [2.24, 2.45) is 15.0 Å². The van der Waals surface area contributed by atoms with Crippen LogP contribution in [0.15, 0.2) is 81.2 Å². The first-order valence-corrected chi connectivity index (χ1v) is 13.9. The highest BCUT2D eigenvalue weighted by Crippen LogP contribution is 2.30. The lowest BCUT2D eigenvalue weighted by molar-refractivity contribution is 0.0795. The van der Waals surface area contributed by atoms with E-state index < -0.39 is 5.82 Å². The molecule has 0 aliphatic carbocycles. The molecule has 3 aromatic rings. The van der Waals surface area contributed by atoms with E-state index in [-0.39, 0.29) is 5.91 Å². The minimum atomic E-state index is -0.394. The molecule has 1 heterocycles. The van der Waals surface area contributed by atoms with Crippen LogP contribution < -0.4 is 10.1 Å². The summed E-state index contributed by atoms with van der Waals surface area (Å²) in [6, 6.07) is 18.0. The Bertz CT molecular complexity index is 1510. The van der Waals surface area contributed by atoms with Gasteiger partial charge in [-0.05, 0) is 94.8 Å². The Balaban J connectivity index is 1.57. The zero-order valence-electron chi connectivity index (χ0n) is 22.9. The summed E-state index contributed by atoms with van der Waals surface area (Å²) in [4.78, 5) is 27.8. The van der Waals surface area contributed by atoms with E-state index in [2.05, 4.69) is 37.9 Å². The number of methoxy groups -OCH3 is 1. The number of ether oxygens (including phenoxy) is 1. The molecule has 0 bridgehead atoms. The number of carbonyl (C=O) groups excluding carboxylic acids is 1. The van der Waals surface area contributed by atoms with Crippen LogP contribution in [0.2, 0.25) is 0 Å². The Morgan fingerprint density at radius 1 is 1.20 bits per heavy atom. The van der Waals surface area contributed by atoms with Gasteiger partial charge in [-0.25, -0.2) is 9.38 Å². The number of anilines is 1. The number of halogens is 2. The summed E-state index contributed by atoms with van der Waals surface area (Å²) in [5, 5.41) is 3.19. The van der Waals surface area contributed by atoms with Crippen LogP contribution in [-0.2, 0) is 0 Å². The van der Waals surface area contributed by atoms with Crippen molar-refractivity contribution >= 4 is 58.1 Å². The third kappa shape index (κ3) is 6.82. The minimum absolute atomic E-state index is 0.0148. The highest BCUT2D eigenvalue weighted by atomic mass is 127. The van der Waals surface area contributed by atoms with E-state index in [0.29, 0.717) is 41.6 Å². The number of guanidine groups is 1. The number of hydrogen-bond donors (Lipinski definition) is 1. The Kier molecular flexibility index (Phi) is 9.81. The Morgan fingerprint density at radius 3 is 2.67 bits per heavy atom. The van der Waals surface area contributed by atoms with Crippen molar-refractivity contribution in [1.82, 2.24) is 4.90 Å². The molecule has 0 spiro atoms. The van der Waals surface area contributed by atoms with E-state index in [4.69, 9.17) is 9.73 Å². The molecule has 0 saturated heterocycles. The first kappa shape index (κ1) is 29.1. The fourth-order valence-corrected chi connectivity index (χ4v) is 4.82. The summed E-state index contributed by atoms with van der Waals surface area (Å²) >= 11 is 2.24. The third-order valence-corrected chi connectivity index (χ3v) is 6.99. The summed E-state index contributed by atoms with van der Waals surface area (Å²) in [6.07, 6.45) is 4.61. The lowest BCUT2D eigenvalue weighted by atomic mass is 9.96. The standard InChI is InChI=1S/C31H31FIN5O2/c1-5-15-38(3)30(39)21-10-13-24(14-11-21)37-31(34-2)36-19-20-16-22-9-12-23(33)17-25(22)29(35-18-20)28-26(32)7-6-8-27(28)40-4/h6-14,16-17,19H,5,15,18H2,1-4H3,(H,34,37). The maximum Gasteiger partial charge on any atom is 0.253 e. The van der Waals surface area contributed by atoms with Gasteiger partial charge < -0.3 is 15.0 Å². The Morgan fingerprint density at radius 2 is 1.98 bits per heavy atom. The van der Waals surface area contributed by atoms with Crippen molar-refractivity contribution in [3.05, 3.63) is 97.9 Å². The number of aliphatic imine (C=N–C) groups is 3. The van der Waals surface area contributed by atoms with E-state index in [0.717, 1.165) is 32.4 Å². The fourth-order valence-electron chi connectivity index (χ4n) is 4.33. The second kappa shape index (κ2) is 13.5. The van der Waals surface area contributed by atoms with E-state index in [9.17, 15) is 4.79 Å². The van der Waals surface area contributed by atoms with Gasteiger partial charge in [-0.2, -0.15) is 0 Å². The van der Waals surface area contributed by atoms with E-state index in [1.165, 1.54) is 13.2 Å². The number of nitrogens with one attached hydrogen (secondary N) is 1. The van der Waals surface area contributed by atoms with Gasteiger partial charge in [-0.3, -0.25) is 14.8 Å². The molecule has 0 radical (unpaired) electrons. The molecule has 0 saturated carbocycles. The van der Waals surface area contributed by atoms with Gasteiger partial charge in [-0.1, -0.05) is 19.1 Å². The average molecular weight is 652 g/mol. The molecule has 1 N–H and O–H groups in total. The number of benzene rings is 3. The molecular weight excluding hydrogens is 620 g/mol. The highest BCUT2D eigenvalue weighted by Gasteiger charge is 2.21. The molecular formula is C31H31FIN5O2. The summed E-state index contributed by atoms with van der Waals surface area (Å²) in [6.45, 7) is 3.04. The molecule has 3 aromatic carbocycles. The third-order valence-electron chi connectivity index (χ3n) is 6.32. The largest absolute Gasteiger partial charge is 0.496 e. The zero-order valence-corrected chi connectivity index (χ0v) is 25.1. The SMILES string of the molecule is CCCN(C)C(=O)c1ccc(NC(N=CC2=Cc3ccc(I)cc3C(c3c(F)cccc3OC)=NC2)=NC)cc1. The normalized spacial score (nSPS) is 13.3. The summed E-state index contributed by atoms with van der Waals surface area (Å²) in [5.74, 6) is 0.415. The molecule has 7 nitrogen and oxygen atoms in total. The maximum absolute atomic E-state index is 15.0. The fraction of sp³-hybridized carbons (Fsp3) is 0.226. The van der Waals surface area contributed by atoms with Gasteiger partial charge in [-0.15, -0.1) is 0 Å². The molecule has 0 aromatic heterocycles. The monoisotopic (exact) mass is 651 g/mol. The summed E-state index contributed by atoms with van der Waals surface area (Å²) in [5.41, 5.74) is 4.80. The van der Waals surface area contributed by atoms with Crippen molar-refractivity contribution in [3.63, 3.8) is 0 Å². The Hall–Kier alpha value is -3.86. The van der Waals surface area contributed by atoms with Crippen LogP contribution >= 0.6 is 22.6 Å². The van der Waals surface area contributed by atoms with Crippen molar-refractivity contribution < 1.29 is 13.9 Å². The molecule has 1 amide bonds. The molecule has 9 heteroatoms. The summed E-state index contributed by atoms with van der Waals surface area (Å²) in [7, 11) is 4.98. The van der Waals surface area contributed by atoms with Crippen LogP contribution in [0.5, 0.6) is 5.75 Å². The highest BCUT2D eigenvalue weighted by molar-refractivity contribution is 14.1. The number of hydrogen-bond acceptors (Lipinski definition) is 4. The minimum Gasteiger partial charge on any atom is -0.496 e. The van der Waals surface area contributed by atoms with Gasteiger partial charge in [0.1, 0.15) is 11.6 Å². The quantitative estimate of drug-likeness (QED) is 0.185. The number of rotatable bonds is 7. The van der Waals surface area contributed by atoms with Gasteiger partial charge in [0.15, 0.2) is 0 Å². The first-order chi connectivity index (χ1) is 19.3. The van der Waals surface area contributed by atoms with Gasteiger partial charge in [0.2, 0.25) is 5.96 Å². The van der Waals surface area contributed by atoms with Crippen LogP contribution in [-0.4, -0.2) is 63.0 Å². The van der Waals surface area contributed by atoms with Gasteiger partial charge in [0.05, 0.1) is 24.9 Å². The topological polar surface area (TPSA) is 78.7 Å². The van der Waals surface area contributed by atoms with Crippen molar-refractivity contribution in [3.8, 4) is 5.75 Å². The van der Waals surface area contributed by atoms with Crippen molar-refractivity contribution in [2.75, 3.05) is 39.6 Å². The van der Waals surface area contributed by atoms with Crippen LogP contribution in [0.25, 0.3) is 6.08 Å². The van der Waals surface area contributed by atoms with Gasteiger partial charge in [0, 0.05) is 47.2 Å². The van der Waals surface area contributed by atoms with Gasteiger partial charge >= 0.3 is 0 Å². The number of carbonyl (C=O) groups is 1. The predicted octanol–water partition coefficient (Wildman–Crippen LogP) is 6.32. The lowest BCUT2D eigenvalue weighted by Gasteiger charge is -2.16. The molecule has 40 heavy (non-hydrogen) atoms. The van der Waals surface area contributed by atoms with Crippen LogP contribution in [0, 0.1) is 9.39 Å². The average Bonchev–Trinajstić information content (AvgIpc) is 3.14. The number of fused-ring (bicyclic) bond motifs is 1. The molecule has 0 atom stereocenters. The lowest BCUT2D eigenvalue weighted by Crippen LogP contribution is -2.27. The van der Waals surface area contributed by atoms with E-state index >= 15 is 4.39 Å². The molecule has 0 unspecified atom stereocenters. The molecule has 1 aliphatic rings.